The SMILES string of the molecule is N=C(N)c1ccc(NS(=O)(=O)NCC(F)(F)F)c(F)c1. The topological polar surface area (TPSA) is 108 Å². The maximum Gasteiger partial charge on any atom is 0.402 e. The molecular weight excluding hydrogens is 304 g/mol. The number of halogens is 4. The maximum atomic E-state index is 13.5. The highest BCUT2D eigenvalue weighted by Crippen LogP contribution is 2.17. The number of hydrogen-bond acceptors (Lipinski definition) is 3. The van der Waals surface area contributed by atoms with Crippen molar-refractivity contribution < 1.29 is 26.0 Å². The first-order chi connectivity index (χ1) is 9.00. The summed E-state index contributed by atoms with van der Waals surface area (Å²) < 4.78 is 74.5. The summed E-state index contributed by atoms with van der Waals surface area (Å²) >= 11 is 0. The first-order valence-corrected chi connectivity index (χ1v) is 6.46. The third-order valence-corrected chi connectivity index (χ3v) is 3.00. The maximum absolute atomic E-state index is 13.5. The standard InChI is InChI=1S/C9H10F4N4O2S/c10-6-3-5(8(14)15)1-2-7(6)17-20(18,19)16-4-9(11,12)13/h1-3,16-17H,4H2,(H3,14,15). The Balaban J connectivity index is 2.85. The molecule has 11 heteroatoms. The summed E-state index contributed by atoms with van der Waals surface area (Å²) in [7, 11) is -4.57. The van der Waals surface area contributed by atoms with Gasteiger partial charge in [-0.1, -0.05) is 0 Å². The summed E-state index contributed by atoms with van der Waals surface area (Å²) in [4.78, 5) is 0. The van der Waals surface area contributed by atoms with Crippen molar-refractivity contribution in [2.24, 2.45) is 5.73 Å². The largest absolute Gasteiger partial charge is 0.402 e. The Morgan fingerprint density at radius 2 is 1.95 bits per heavy atom. The number of amidine groups is 1. The van der Waals surface area contributed by atoms with E-state index in [0.717, 1.165) is 18.2 Å². The second-order valence-electron chi connectivity index (χ2n) is 3.65. The summed E-state index contributed by atoms with van der Waals surface area (Å²) in [5, 5.41) is 7.05. The molecule has 0 atom stereocenters. The predicted molar refractivity (Wildman–Crippen MR) is 64.0 cm³/mol. The fourth-order valence-electron chi connectivity index (χ4n) is 1.12. The molecule has 0 spiro atoms. The van der Waals surface area contributed by atoms with E-state index in [0.29, 0.717) is 0 Å². The van der Waals surface area contributed by atoms with Crippen LogP contribution in [0.25, 0.3) is 0 Å². The number of anilines is 1. The van der Waals surface area contributed by atoms with Crippen LogP contribution in [-0.2, 0) is 10.2 Å². The van der Waals surface area contributed by atoms with Gasteiger partial charge in [-0.2, -0.15) is 26.3 Å². The number of nitrogen functional groups attached to an aromatic ring is 1. The number of rotatable bonds is 5. The van der Waals surface area contributed by atoms with Crippen molar-refractivity contribution in [1.29, 1.82) is 5.41 Å². The molecule has 0 aromatic heterocycles. The van der Waals surface area contributed by atoms with Crippen LogP contribution in [0.1, 0.15) is 5.56 Å². The van der Waals surface area contributed by atoms with Crippen molar-refractivity contribution in [1.82, 2.24) is 4.72 Å². The van der Waals surface area contributed by atoms with Crippen molar-refractivity contribution >= 4 is 21.7 Å². The molecule has 0 saturated carbocycles. The van der Waals surface area contributed by atoms with Gasteiger partial charge in [0, 0.05) is 5.56 Å². The molecule has 0 aliphatic heterocycles. The van der Waals surface area contributed by atoms with Gasteiger partial charge in [0.25, 0.3) is 10.2 Å². The van der Waals surface area contributed by atoms with Crippen molar-refractivity contribution in [3.05, 3.63) is 29.6 Å². The smallest absolute Gasteiger partial charge is 0.384 e. The molecule has 0 fully saturated rings. The molecule has 6 nitrogen and oxygen atoms in total. The molecular formula is C9H10F4N4O2S. The molecule has 5 N–H and O–H groups in total. The molecule has 0 amide bonds. The molecule has 0 aliphatic carbocycles. The Morgan fingerprint density at radius 1 is 1.35 bits per heavy atom. The summed E-state index contributed by atoms with van der Waals surface area (Å²) in [6.07, 6.45) is -4.73. The zero-order chi connectivity index (χ0) is 15.6. The second-order valence-corrected chi connectivity index (χ2v) is 5.15. The highest BCUT2D eigenvalue weighted by atomic mass is 32.2. The minimum atomic E-state index is -4.73. The fraction of sp³-hybridized carbons (Fsp3) is 0.222. The number of nitrogens with one attached hydrogen (secondary N) is 3. The van der Waals surface area contributed by atoms with E-state index in [1.54, 1.807) is 4.72 Å². The van der Waals surface area contributed by atoms with Crippen molar-refractivity contribution in [2.45, 2.75) is 6.18 Å². The third kappa shape index (κ3) is 5.01. The van der Waals surface area contributed by atoms with Crippen molar-refractivity contribution in [3.8, 4) is 0 Å². The molecule has 0 unspecified atom stereocenters. The predicted octanol–water partition coefficient (Wildman–Crippen LogP) is 0.918. The fourth-order valence-corrected chi connectivity index (χ4v) is 2.00. The molecule has 1 aromatic carbocycles. The lowest BCUT2D eigenvalue weighted by Crippen LogP contribution is -2.37. The molecule has 112 valence electrons. The molecule has 20 heavy (non-hydrogen) atoms. The van der Waals surface area contributed by atoms with Crippen LogP contribution in [0.15, 0.2) is 18.2 Å². The Kier molecular flexibility index (Phi) is 4.55. The van der Waals surface area contributed by atoms with E-state index >= 15 is 0 Å². The molecule has 1 rings (SSSR count). The number of hydrogen-bond donors (Lipinski definition) is 4. The first-order valence-electron chi connectivity index (χ1n) is 4.98. The summed E-state index contributed by atoms with van der Waals surface area (Å²) in [5.41, 5.74) is 4.54. The molecule has 0 saturated heterocycles. The normalized spacial score (nSPS) is 12.2. The Morgan fingerprint density at radius 3 is 2.40 bits per heavy atom. The van der Waals surface area contributed by atoms with E-state index in [9.17, 15) is 26.0 Å². The molecule has 1 aromatic rings. The van der Waals surface area contributed by atoms with E-state index in [2.05, 4.69) is 0 Å². The molecule has 0 heterocycles. The minimum absolute atomic E-state index is 0.00805. The summed E-state index contributed by atoms with van der Waals surface area (Å²) in [6, 6.07) is 2.87. The van der Waals surface area contributed by atoms with Gasteiger partial charge in [-0.15, -0.1) is 0 Å². The van der Waals surface area contributed by atoms with Crippen LogP contribution in [0, 0.1) is 11.2 Å². The lowest BCUT2D eigenvalue weighted by atomic mass is 10.2. The highest BCUT2D eigenvalue weighted by Gasteiger charge is 2.29. The Labute approximate surface area is 111 Å². The van der Waals surface area contributed by atoms with Crippen molar-refractivity contribution in [2.75, 3.05) is 11.3 Å². The molecule has 0 bridgehead atoms. The zero-order valence-electron chi connectivity index (χ0n) is 9.75. The van der Waals surface area contributed by atoms with Gasteiger partial charge < -0.3 is 5.73 Å². The number of alkyl halides is 3. The first kappa shape index (κ1) is 16.2. The van der Waals surface area contributed by atoms with E-state index in [1.807, 2.05) is 0 Å². The van der Waals surface area contributed by atoms with Gasteiger partial charge in [0.2, 0.25) is 0 Å². The average molecular weight is 314 g/mol. The van der Waals surface area contributed by atoms with Gasteiger partial charge >= 0.3 is 6.18 Å². The van der Waals surface area contributed by atoms with Gasteiger partial charge in [0.15, 0.2) is 0 Å². The van der Waals surface area contributed by atoms with Gasteiger partial charge in [-0.3, -0.25) is 10.1 Å². The molecule has 0 radical (unpaired) electrons. The van der Waals surface area contributed by atoms with Crippen LogP contribution in [0.4, 0.5) is 23.2 Å². The third-order valence-electron chi connectivity index (χ3n) is 1.99. The second kappa shape index (κ2) is 5.63. The van der Waals surface area contributed by atoms with Crippen LogP contribution in [0.3, 0.4) is 0 Å². The van der Waals surface area contributed by atoms with E-state index in [-0.39, 0.29) is 5.56 Å². The Hall–Kier alpha value is -1.88. The zero-order valence-corrected chi connectivity index (χ0v) is 10.6. The van der Waals surface area contributed by atoms with Crippen molar-refractivity contribution in [3.63, 3.8) is 0 Å². The van der Waals surface area contributed by atoms with E-state index < -0.39 is 40.3 Å². The van der Waals surface area contributed by atoms with Gasteiger partial charge in [-0.05, 0) is 18.2 Å². The van der Waals surface area contributed by atoms with Gasteiger partial charge in [0.1, 0.15) is 18.2 Å². The van der Waals surface area contributed by atoms with E-state index in [1.165, 1.54) is 4.72 Å². The number of benzene rings is 1. The van der Waals surface area contributed by atoms with Crippen LogP contribution >= 0.6 is 0 Å². The minimum Gasteiger partial charge on any atom is -0.384 e. The van der Waals surface area contributed by atoms with Crippen LogP contribution in [-0.4, -0.2) is 27.0 Å². The van der Waals surface area contributed by atoms with E-state index in [4.69, 9.17) is 11.1 Å². The quantitative estimate of drug-likeness (QED) is 0.369. The molecule has 0 aliphatic rings. The van der Waals surface area contributed by atoms with Crippen LogP contribution in [0.5, 0.6) is 0 Å². The van der Waals surface area contributed by atoms with Crippen LogP contribution < -0.4 is 15.2 Å². The Bertz CT molecular complexity index is 615. The number of nitrogens with two attached hydrogens (primary N) is 1. The summed E-state index contributed by atoms with van der Waals surface area (Å²) in [5.74, 6) is -1.51. The summed E-state index contributed by atoms with van der Waals surface area (Å²) in [6.45, 7) is -1.78. The monoisotopic (exact) mass is 314 g/mol. The lowest BCUT2D eigenvalue weighted by Gasteiger charge is -2.12. The lowest BCUT2D eigenvalue weighted by molar-refractivity contribution is -0.121. The van der Waals surface area contributed by atoms with Crippen LogP contribution in [0.2, 0.25) is 0 Å². The average Bonchev–Trinajstić information content (AvgIpc) is 2.28. The highest BCUT2D eigenvalue weighted by molar-refractivity contribution is 7.90. The van der Waals surface area contributed by atoms with Gasteiger partial charge in [0.05, 0.1) is 5.69 Å². The van der Waals surface area contributed by atoms with Gasteiger partial charge in [-0.25, -0.2) is 4.39 Å².